The molecule has 1 amide bonds. The maximum Gasteiger partial charge on any atom is 0.323 e. The van der Waals surface area contributed by atoms with Crippen molar-refractivity contribution in [3.8, 4) is 0 Å². The van der Waals surface area contributed by atoms with Gasteiger partial charge in [0.25, 0.3) is 0 Å². The Hall–Kier alpha value is -1.10. The molecule has 5 heteroatoms. The number of rotatable bonds is 3. The zero-order chi connectivity index (χ0) is 10.7. The summed E-state index contributed by atoms with van der Waals surface area (Å²) in [6.45, 7) is 2.60. The van der Waals surface area contributed by atoms with E-state index in [-0.39, 0.29) is 18.5 Å². The smallest absolute Gasteiger partial charge is 0.323 e. The first-order valence-corrected chi connectivity index (χ1v) is 4.72. The van der Waals surface area contributed by atoms with E-state index in [1.165, 1.54) is 11.9 Å². The van der Waals surface area contributed by atoms with E-state index >= 15 is 0 Å². The van der Waals surface area contributed by atoms with Crippen molar-refractivity contribution in [1.29, 1.82) is 0 Å². The fraction of sp³-hybridized carbons (Fsp3) is 0.778. The van der Waals surface area contributed by atoms with Crippen molar-refractivity contribution in [3.63, 3.8) is 0 Å². The van der Waals surface area contributed by atoms with E-state index in [0.717, 1.165) is 13.0 Å². The molecule has 14 heavy (non-hydrogen) atoms. The monoisotopic (exact) mass is 200 g/mol. The Labute approximate surface area is 83.1 Å². The van der Waals surface area contributed by atoms with Gasteiger partial charge in [-0.3, -0.25) is 9.59 Å². The average molecular weight is 200 g/mol. The van der Waals surface area contributed by atoms with E-state index in [2.05, 4.69) is 5.32 Å². The molecule has 0 aromatic carbocycles. The van der Waals surface area contributed by atoms with E-state index in [1.54, 1.807) is 0 Å². The molecule has 2 unspecified atom stereocenters. The van der Waals surface area contributed by atoms with Gasteiger partial charge in [0.2, 0.25) is 5.91 Å². The van der Waals surface area contributed by atoms with Gasteiger partial charge in [-0.25, -0.2) is 0 Å². The lowest BCUT2D eigenvalue weighted by Crippen LogP contribution is -2.45. The van der Waals surface area contributed by atoms with Crippen molar-refractivity contribution in [2.45, 2.75) is 19.4 Å². The van der Waals surface area contributed by atoms with Crippen LogP contribution in [0.15, 0.2) is 0 Å². The molecule has 0 aromatic heterocycles. The molecule has 1 fully saturated rings. The van der Waals surface area contributed by atoms with Crippen LogP contribution >= 0.6 is 0 Å². The van der Waals surface area contributed by atoms with Gasteiger partial charge in [-0.05, 0) is 18.9 Å². The predicted octanol–water partition coefficient (Wildman–Crippen LogP) is -0.473. The number of nitrogens with one attached hydrogen (secondary N) is 1. The summed E-state index contributed by atoms with van der Waals surface area (Å²) in [5, 5.41) is 11.6. The van der Waals surface area contributed by atoms with Crippen LogP contribution < -0.4 is 5.32 Å². The molecule has 0 spiro atoms. The Morgan fingerprint density at radius 1 is 1.57 bits per heavy atom. The summed E-state index contributed by atoms with van der Waals surface area (Å²) in [5.41, 5.74) is 0. The normalized spacial score (nSPS) is 26.1. The number of hydrogen-bond donors (Lipinski definition) is 2. The van der Waals surface area contributed by atoms with Crippen LogP contribution in [0.25, 0.3) is 0 Å². The van der Waals surface area contributed by atoms with Gasteiger partial charge in [0.1, 0.15) is 6.54 Å². The molecule has 1 aliphatic rings. The van der Waals surface area contributed by atoms with Crippen LogP contribution in [0.3, 0.4) is 0 Å². The first-order valence-electron chi connectivity index (χ1n) is 4.72. The Morgan fingerprint density at radius 2 is 2.21 bits per heavy atom. The van der Waals surface area contributed by atoms with Crippen molar-refractivity contribution in [2.24, 2.45) is 5.92 Å². The van der Waals surface area contributed by atoms with Gasteiger partial charge in [-0.15, -0.1) is 0 Å². The fourth-order valence-corrected chi connectivity index (χ4v) is 1.68. The predicted molar refractivity (Wildman–Crippen MR) is 50.8 cm³/mol. The van der Waals surface area contributed by atoms with E-state index in [1.807, 2.05) is 6.92 Å². The van der Waals surface area contributed by atoms with E-state index in [4.69, 9.17) is 5.11 Å². The zero-order valence-electron chi connectivity index (χ0n) is 8.49. The van der Waals surface area contributed by atoms with Crippen molar-refractivity contribution in [2.75, 3.05) is 20.1 Å². The van der Waals surface area contributed by atoms with Gasteiger partial charge >= 0.3 is 5.97 Å². The number of amides is 1. The van der Waals surface area contributed by atoms with Gasteiger partial charge < -0.3 is 15.3 Å². The van der Waals surface area contributed by atoms with E-state index in [9.17, 15) is 9.59 Å². The summed E-state index contributed by atoms with van der Waals surface area (Å²) in [6.07, 6.45) is 0.970. The number of nitrogens with zero attached hydrogens (tertiary/aromatic N) is 1. The molecule has 0 aliphatic carbocycles. The van der Waals surface area contributed by atoms with Crippen molar-refractivity contribution < 1.29 is 14.7 Å². The van der Waals surface area contributed by atoms with Crippen LogP contribution in [-0.2, 0) is 9.59 Å². The molecule has 1 aliphatic heterocycles. The van der Waals surface area contributed by atoms with Crippen LogP contribution in [-0.4, -0.2) is 48.1 Å². The molecule has 0 bridgehead atoms. The molecule has 5 nitrogen and oxygen atoms in total. The third kappa shape index (κ3) is 2.45. The van der Waals surface area contributed by atoms with Crippen LogP contribution in [0.1, 0.15) is 13.3 Å². The van der Waals surface area contributed by atoms with Crippen LogP contribution in [0.4, 0.5) is 0 Å². The third-order valence-corrected chi connectivity index (χ3v) is 2.55. The summed E-state index contributed by atoms with van der Waals surface area (Å²) in [4.78, 5) is 23.3. The molecule has 0 aromatic rings. The highest BCUT2D eigenvalue weighted by Crippen LogP contribution is 2.15. The largest absolute Gasteiger partial charge is 0.480 e. The molecular weight excluding hydrogens is 184 g/mol. The Kier molecular flexibility index (Phi) is 3.46. The number of carbonyl (C=O) groups excluding carboxylic acids is 1. The molecule has 1 rings (SSSR count). The lowest BCUT2D eigenvalue weighted by molar-refractivity contribution is -0.144. The number of aliphatic carboxylic acids is 1. The number of hydrogen-bond acceptors (Lipinski definition) is 3. The summed E-state index contributed by atoms with van der Waals surface area (Å²) in [7, 11) is 1.52. The lowest BCUT2D eigenvalue weighted by atomic mass is 10.0. The molecule has 2 atom stereocenters. The Morgan fingerprint density at radius 3 is 2.64 bits per heavy atom. The van der Waals surface area contributed by atoms with Gasteiger partial charge in [0.15, 0.2) is 0 Å². The Bertz CT molecular complexity index is 242. The van der Waals surface area contributed by atoms with Crippen LogP contribution in [0.2, 0.25) is 0 Å². The molecule has 0 radical (unpaired) electrons. The SMILES string of the molecule is CC1CCNC1C(=O)N(C)CC(=O)O. The summed E-state index contributed by atoms with van der Waals surface area (Å²) in [5.74, 6) is -0.817. The maximum absolute atomic E-state index is 11.7. The Balaban J connectivity index is 2.51. The standard InChI is InChI=1S/C9H16N2O3/c1-6-3-4-10-8(6)9(14)11(2)5-7(12)13/h6,8,10H,3-5H2,1-2H3,(H,12,13). The molecule has 1 saturated heterocycles. The quantitative estimate of drug-likeness (QED) is 0.646. The second-order valence-corrected chi connectivity index (χ2v) is 3.79. The summed E-state index contributed by atoms with van der Waals surface area (Å²) >= 11 is 0. The molecule has 80 valence electrons. The van der Waals surface area contributed by atoms with Crippen molar-refractivity contribution in [3.05, 3.63) is 0 Å². The molecule has 1 heterocycles. The molecule has 2 N–H and O–H groups in total. The number of carboxylic acids is 1. The minimum Gasteiger partial charge on any atom is -0.480 e. The van der Waals surface area contributed by atoms with Crippen LogP contribution in [0, 0.1) is 5.92 Å². The van der Waals surface area contributed by atoms with E-state index < -0.39 is 5.97 Å². The number of likely N-dealkylation sites (N-methyl/N-ethyl adjacent to an activating group) is 1. The lowest BCUT2D eigenvalue weighted by Gasteiger charge is -2.21. The van der Waals surface area contributed by atoms with Gasteiger partial charge in [-0.2, -0.15) is 0 Å². The minimum absolute atomic E-state index is 0.127. The average Bonchev–Trinajstić information content (AvgIpc) is 2.48. The summed E-state index contributed by atoms with van der Waals surface area (Å²) in [6, 6.07) is -0.209. The summed E-state index contributed by atoms with van der Waals surface area (Å²) < 4.78 is 0. The highest BCUT2D eigenvalue weighted by atomic mass is 16.4. The van der Waals surface area contributed by atoms with Gasteiger partial charge in [0.05, 0.1) is 6.04 Å². The second kappa shape index (κ2) is 4.41. The van der Waals surface area contributed by atoms with Crippen LogP contribution in [0.5, 0.6) is 0 Å². The van der Waals surface area contributed by atoms with Crippen molar-refractivity contribution in [1.82, 2.24) is 10.2 Å². The first-order chi connectivity index (χ1) is 6.52. The zero-order valence-corrected chi connectivity index (χ0v) is 8.49. The number of carbonyl (C=O) groups is 2. The first kappa shape index (κ1) is 11.0. The molecular formula is C9H16N2O3. The topological polar surface area (TPSA) is 69.6 Å². The van der Waals surface area contributed by atoms with E-state index in [0.29, 0.717) is 5.92 Å². The second-order valence-electron chi connectivity index (χ2n) is 3.79. The van der Waals surface area contributed by atoms with Gasteiger partial charge in [0, 0.05) is 7.05 Å². The highest BCUT2D eigenvalue weighted by Gasteiger charge is 2.31. The van der Waals surface area contributed by atoms with Crippen molar-refractivity contribution >= 4 is 11.9 Å². The fourth-order valence-electron chi connectivity index (χ4n) is 1.68. The van der Waals surface area contributed by atoms with Gasteiger partial charge in [-0.1, -0.05) is 6.92 Å². The highest BCUT2D eigenvalue weighted by molar-refractivity contribution is 5.85. The molecule has 0 saturated carbocycles. The maximum atomic E-state index is 11.7. The third-order valence-electron chi connectivity index (χ3n) is 2.55. The number of carboxylic acid groups (broad SMARTS) is 1. The minimum atomic E-state index is -0.980.